The van der Waals surface area contributed by atoms with E-state index in [9.17, 15) is 32.3 Å². The number of benzene rings is 2. The molecule has 2 atom stereocenters. The molecule has 2 heterocycles. The van der Waals surface area contributed by atoms with E-state index in [1.807, 2.05) is 0 Å². The number of alkyl halides is 3. The number of halogens is 4. The first-order valence-electron chi connectivity index (χ1n) is 10.4. The van der Waals surface area contributed by atoms with Crippen LogP contribution in [0.1, 0.15) is 57.1 Å². The molecule has 0 bridgehead atoms. The van der Waals surface area contributed by atoms with E-state index in [2.05, 4.69) is 10.6 Å². The quantitative estimate of drug-likeness (QED) is 0.623. The maximum atomic E-state index is 13.2. The Labute approximate surface area is 197 Å². The molecule has 0 aromatic heterocycles. The third-order valence-corrected chi connectivity index (χ3v) is 6.01. The predicted octanol–water partition coefficient (Wildman–Crippen LogP) is 3.52. The van der Waals surface area contributed by atoms with Crippen molar-refractivity contribution < 1.29 is 32.3 Å². The number of imide groups is 1. The Kier molecular flexibility index (Phi) is 6.35. The first-order valence-corrected chi connectivity index (χ1v) is 10.8. The Balaban J connectivity index is 1.53. The number of carbonyl (C=O) groups is 4. The van der Waals surface area contributed by atoms with Crippen molar-refractivity contribution >= 4 is 35.2 Å². The second kappa shape index (κ2) is 9.09. The van der Waals surface area contributed by atoms with Crippen molar-refractivity contribution in [1.82, 2.24) is 15.5 Å². The van der Waals surface area contributed by atoms with Crippen molar-refractivity contribution in [2.24, 2.45) is 0 Å². The number of carbonyl (C=O) groups excluding carboxylic acids is 4. The van der Waals surface area contributed by atoms with Crippen molar-refractivity contribution in [2.75, 3.05) is 0 Å². The molecule has 11 heteroatoms. The van der Waals surface area contributed by atoms with Crippen LogP contribution in [0.4, 0.5) is 13.2 Å². The van der Waals surface area contributed by atoms with E-state index >= 15 is 0 Å². The number of piperidine rings is 1. The fourth-order valence-electron chi connectivity index (χ4n) is 4.16. The average molecular weight is 494 g/mol. The fourth-order valence-corrected chi connectivity index (χ4v) is 4.36. The first kappa shape index (κ1) is 23.7. The second-order valence-electron chi connectivity index (χ2n) is 8.17. The minimum Gasteiger partial charge on any atom is -0.345 e. The van der Waals surface area contributed by atoms with Crippen LogP contribution in [0.25, 0.3) is 0 Å². The van der Waals surface area contributed by atoms with Crippen molar-refractivity contribution in [3.63, 3.8) is 0 Å². The molecule has 2 aliphatic heterocycles. The van der Waals surface area contributed by atoms with Gasteiger partial charge in [0.1, 0.15) is 6.04 Å². The van der Waals surface area contributed by atoms with Crippen LogP contribution in [0, 0.1) is 0 Å². The summed E-state index contributed by atoms with van der Waals surface area (Å²) in [6, 6.07) is 7.84. The summed E-state index contributed by atoms with van der Waals surface area (Å²) in [5.74, 6) is -2.13. The van der Waals surface area contributed by atoms with Gasteiger partial charge in [0.2, 0.25) is 11.8 Å². The second-order valence-corrected chi connectivity index (χ2v) is 8.61. The van der Waals surface area contributed by atoms with Crippen molar-refractivity contribution in [1.29, 1.82) is 0 Å². The Morgan fingerprint density at radius 1 is 1.18 bits per heavy atom. The van der Waals surface area contributed by atoms with Gasteiger partial charge in [-0.15, -0.1) is 0 Å². The topological polar surface area (TPSA) is 95.6 Å². The Morgan fingerprint density at radius 2 is 1.94 bits per heavy atom. The molecule has 7 nitrogen and oxygen atoms in total. The van der Waals surface area contributed by atoms with Gasteiger partial charge < -0.3 is 10.2 Å². The number of amides is 4. The number of nitrogens with zero attached hydrogens (tertiary/aromatic N) is 1. The lowest BCUT2D eigenvalue weighted by Gasteiger charge is -2.29. The van der Waals surface area contributed by atoms with Gasteiger partial charge in [0.15, 0.2) is 0 Å². The van der Waals surface area contributed by atoms with E-state index in [4.69, 9.17) is 11.6 Å². The number of nitrogens with one attached hydrogen (secondary N) is 2. The van der Waals surface area contributed by atoms with Crippen LogP contribution < -0.4 is 10.6 Å². The van der Waals surface area contributed by atoms with E-state index in [0.29, 0.717) is 11.1 Å². The van der Waals surface area contributed by atoms with Gasteiger partial charge in [0.25, 0.3) is 11.8 Å². The van der Waals surface area contributed by atoms with Gasteiger partial charge in [-0.3, -0.25) is 24.5 Å². The highest BCUT2D eigenvalue weighted by Crippen LogP contribution is 2.32. The van der Waals surface area contributed by atoms with E-state index in [-0.39, 0.29) is 35.5 Å². The van der Waals surface area contributed by atoms with E-state index < -0.39 is 48.3 Å². The van der Waals surface area contributed by atoms with Crippen LogP contribution in [0.5, 0.6) is 0 Å². The highest BCUT2D eigenvalue weighted by Gasteiger charge is 2.39. The number of hydrogen-bond acceptors (Lipinski definition) is 4. The van der Waals surface area contributed by atoms with Gasteiger partial charge in [0.05, 0.1) is 12.5 Å². The maximum absolute atomic E-state index is 13.2. The first-order chi connectivity index (χ1) is 16.0. The van der Waals surface area contributed by atoms with Gasteiger partial charge in [-0.05, 0) is 47.9 Å². The molecular weight excluding hydrogens is 475 g/mol. The molecule has 0 radical (unpaired) electrons. The zero-order valence-electron chi connectivity index (χ0n) is 17.6. The zero-order valence-corrected chi connectivity index (χ0v) is 18.4. The SMILES string of the molecule is O=C1CCC(N2Cc3cc(C(=O)NC(CC(F)(F)F)c4cccc(Cl)c4)ccc3C2=O)C(=O)N1. The fraction of sp³-hybridized carbons (Fsp3) is 0.304. The molecule has 0 spiro atoms. The Morgan fingerprint density at radius 3 is 2.62 bits per heavy atom. The third kappa shape index (κ3) is 5.06. The summed E-state index contributed by atoms with van der Waals surface area (Å²) in [5, 5.41) is 4.85. The molecule has 2 aromatic rings. The molecule has 1 saturated heterocycles. The van der Waals surface area contributed by atoms with Crippen LogP contribution in [-0.2, 0) is 16.1 Å². The molecule has 4 amide bonds. The number of hydrogen-bond donors (Lipinski definition) is 2. The lowest BCUT2D eigenvalue weighted by molar-refractivity contribution is -0.140. The van der Waals surface area contributed by atoms with Crippen molar-refractivity contribution in [3.05, 3.63) is 69.7 Å². The minimum atomic E-state index is -4.53. The molecule has 34 heavy (non-hydrogen) atoms. The maximum Gasteiger partial charge on any atom is 0.391 e. The zero-order chi connectivity index (χ0) is 24.6. The van der Waals surface area contributed by atoms with Crippen molar-refractivity contribution in [2.45, 2.75) is 44.1 Å². The summed E-state index contributed by atoms with van der Waals surface area (Å²) in [6.07, 6.45) is -5.52. The van der Waals surface area contributed by atoms with Crippen LogP contribution in [0.2, 0.25) is 5.02 Å². The predicted molar refractivity (Wildman–Crippen MR) is 115 cm³/mol. The summed E-state index contributed by atoms with van der Waals surface area (Å²) in [5.41, 5.74) is 1.05. The van der Waals surface area contributed by atoms with Gasteiger partial charge in [-0.1, -0.05) is 23.7 Å². The van der Waals surface area contributed by atoms with Gasteiger partial charge in [-0.2, -0.15) is 13.2 Å². The van der Waals surface area contributed by atoms with Gasteiger partial charge in [-0.25, -0.2) is 0 Å². The molecular formula is C23H19ClF3N3O4. The van der Waals surface area contributed by atoms with Crippen LogP contribution in [-0.4, -0.2) is 40.7 Å². The molecule has 0 saturated carbocycles. The van der Waals surface area contributed by atoms with Gasteiger partial charge in [0, 0.05) is 29.1 Å². The summed E-state index contributed by atoms with van der Waals surface area (Å²) in [4.78, 5) is 50.5. The highest BCUT2D eigenvalue weighted by atomic mass is 35.5. The lowest BCUT2D eigenvalue weighted by atomic mass is 10.0. The molecule has 2 aromatic carbocycles. The van der Waals surface area contributed by atoms with Crippen molar-refractivity contribution in [3.8, 4) is 0 Å². The van der Waals surface area contributed by atoms with E-state index in [1.54, 1.807) is 0 Å². The summed E-state index contributed by atoms with van der Waals surface area (Å²) in [6.45, 7) is 0.0435. The summed E-state index contributed by atoms with van der Waals surface area (Å²) >= 11 is 5.91. The molecule has 0 aliphatic carbocycles. The van der Waals surface area contributed by atoms with Crippen LogP contribution in [0.15, 0.2) is 42.5 Å². The summed E-state index contributed by atoms with van der Waals surface area (Å²) in [7, 11) is 0. The van der Waals surface area contributed by atoms with E-state index in [0.717, 1.165) is 0 Å². The molecule has 2 aliphatic rings. The molecule has 2 unspecified atom stereocenters. The molecule has 2 N–H and O–H groups in total. The Hall–Kier alpha value is -3.40. The summed E-state index contributed by atoms with van der Waals surface area (Å²) < 4.78 is 39.5. The van der Waals surface area contributed by atoms with E-state index in [1.165, 1.54) is 47.4 Å². The van der Waals surface area contributed by atoms with Gasteiger partial charge >= 0.3 is 6.18 Å². The lowest BCUT2D eigenvalue weighted by Crippen LogP contribution is -2.52. The number of fused-ring (bicyclic) bond motifs is 1. The number of rotatable bonds is 5. The standard InChI is InChI=1S/C23H19ClF3N3O4/c24-15-3-1-2-12(9-15)17(10-23(25,26)27)28-20(32)13-4-5-16-14(8-13)11-30(22(16)34)18-6-7-19(31)29-21(18)33/h1-5,8-9,17-18H,6-7,10-11H2,(H,28,32)(H,29,31,33). The average Bonchev–Trinajstić information content (AvgIpc) is 3.08. The highest BCUT2D eigenvalue weighted by molar-refractivity contribution is 6.30. The monoisotopic (exact) mass is 493 g/mol. The Bertz CT molecular complexity index is 1180. The molecule has 4 rings (SSSR count). The third-order valence-electron chi connectivity index (χ3n) is 5.78. The normalized spacial score (nSPS) is 19.0. The smallest absolute Gasteiger partial charge is 0.345 e. The largest absolute Gasteiger partial charge is 0.391 e. The molecule has 1 fully saturated rings. The molecule has 178 valence electrons. The van der Waals surface area contributed by atoms with Crippen LogP contribution >= 0.6 is 11.6 Å². The van der Waals surface area contributed by atoms with Crippen LogP contribution in [0.3, 0.4) is 0 Å². The minimum absolute atomic E-state index is 0.0435.